The minimum absolute atomic E-state index is 0.0622. The van der Waals surface area contributed by atoms with Gasteiger partial charge in [-0.25, -0.2) is 9.97 Å². The quantitative estimate of drug-likeness (QED) is 0.450. The third-order valence-corrected chi connectivity index (χ3v) is 7.00. The molecule has 0 spiro atoms. The standard InChI is InChI=1S/C24H19ClN2O6/c1-9(28)17-16(30)6-11-4-10-5-14-13(12-7-26-24(25)27-8-12)2-3-15(29)20(14)23(33)18(10)22(32)19(11)21(17)31/h2-3,7-8,10-11,19,29-30,32H,4-6H2,1H3/t10-,11+,19?/m1/s1. The highest BCUT2D eigenvalue weighted by molar-refractivity contribution is 6.28. The summed E-state index contributed by atoms with van der Waals surface area (Å²) in [6.45, 7) is 1.18. The Hall–Kier alpha value is -3.52. The molecule has 0 radical (unpaired) electrons. The van der Waals surface area contributed by atoms with E-state index in [0.717, 1.165) is 0 Å². The number of carbonyl (C=O) groups excluding carboxylic acids is 3. The molecule has 9 heteroatoms. The van der Waals surface area contributed by atoms with Gasteiger partial charge in [0.1, 0.15) is 17.3 Å². The van der Waals surface area contributed by atoms with Crippen molar-refractivity contribution in [3.8, 4) is 16.9 Å². The van der Waals surface area contributed by atoms with Gasteiger partial charge in [-0.3, -0.25) is 14.4 Å². The van der Waals surface area contributed by atoms with Crippen LogP contribution in [-0.2, 0) is 16.0 Å². The summed E-state index contributed by atoms with van der Waals surface area (Å²) < 4.78 is 0. The smallest absolute Gasteiger partial charge is 0.222 e. The molecule has 0 amide bonds. The fourth-order valence-corrected chi connectivity index (χ4v) is 5.57. The molecule has 1 unspecified atom stereocenters. The molecule has 0 fully saturated rings. The summed E-state index contributed by atoms with van der Waals surface area (Å²) in [5.41, 5.74) is 1.70. The van der Waals surface area contributed by atoms with E-state index in [1.165, 1.54) is 25.4 Å². The Morgan fingerprint density at radius 3 is 2.45 bits per heavy atom. The summed E-state index contributed by atoms with van der Waals surface area (Å²) in [5, 5.41) is 32.0. The fraction of sp³-hybridized carbons (Fsp3) is 0.292. The molecule has 8 nitrogen and oxygen atoms in total. The molecule has 1 heterocycles. The Bertz CT molecular complexity index is 1310. The van der Waals surface area contributed by atoms with Gasteiger partial charge in [-0.05, 0) is 60.4 Å². The van der Waals surface area contributed by atoms with E-state index in [0.29, 0.717) is 29.5 Å². The summed E-state index contributed by atoms with van der Waals surface area (Å²) in [5.74, 6) is -4.60. The van der Waals surface area contributed by atoms with Crippen LogP contribution in [-0.4, -0.2) is 42.6 Å². The molecule has 1 aromatic heterocycles. The Balaban J connectivity index is 1.64. The van der Waals surface area contributed by atoms with Crippen LogP contribution in [0.5, 0.6) is 5.75 Å². The average Bonchev–Trinajstić information content (AvgIpc) is 2.74. The molecule has 5 rings (SSSR count). The number of carbonyl (C=O) groups is 3. The molecule has 0 bridgehead atoms. The molecule has 3 atom stereocenters. The number of aliphatic hydroxyl groups excluding tert-OH is 2. The molecular formula is C24H19ClN2O6. The predicted molar refractivity (Wildman–Crippen MR) is 117 cm³/mol. The Kier molecular flexibility index (Phi) is 4.86. The van der Waals surface area contributed by atoms with E-state index in [1.54, 1.807) is 6.07 Å². The largest absolute Gasteiger partial charge is 0.511 e. The van der Waals surface area contributed by atoms with Gasteiger partial charge < -0.3 is 15.3 Å². The minimum Gasteiger partial charge on any atom is -0.511 e. The molecule has 3 aliphatic carbocycles. The normalized spacial score (nSPS) is 24.4. The molecule has 0 aliphatic heterocycles. The number of aliphatic hydroxyl groups is 2. The maximum Gasteiger partial charge on any atom is 0.222 e. The molecule has 33 heavy (non-hydrogen) atoms. The highest BCUT2D eigenvalue weighted by Gasteiger charge is 2.50. The average molecular weight is 467 g/mol. The van der Waals surface area contributed by atoms with Crippen LogP contribution in [0.3, 0.4) is 0 Å². The number of allylic oxidation sites excluding steroid dienone is 4. The zero-order chi connectivity index (χ0) is 23.6. The monoisotopic (exact) mass is 466 g/mol. The molecule has 1 aromatic carbocycles. The van der Waals surface area contributed by atoms with Crippen molar-refractivity contribution in [3.05, 3.63) is 63.6 Å². The second-order valence-electron chi connectivity index (χ2n) is 8.68. The van der Waals surface area contributed by atoms with Crippen LogP contribution in [0.1, 0.15) is 35.7 Å². The minimum atomic E-state index is -1.06. The Morgan fingerprint density at radius 1 is 1.09 bits per heavy atom. The van der Waals surface area contributed by atoms with E-state index < -0.39 is 35.1 Å². The lowest BCUT2D eigenvalue weighted by atomic mass is 9.62. The fourth-order valence-electron chi connectivity index (χ4n) is 5.47. The molecule has 0 saturated heterocycles. The second-order valence-corrected chi connectivity index (χ2v) is 9.01. The number of ketones is 3. The number of aromatic nitrogens is 2. The van der Waals surface area contributed by atoms with Crippen molar-refractivity contribution < 1.29 is 29.7 Å². The zero-order valence-corrected chi connectivity index (χ0v) is 18.3. The van der Waals surface area contributed by atoms with Gasteiger partial charge >= 0.3 is 0 Å². The van der Waals surface area contributed by atoms with Crippen molar-refractivity contribution in [2.75, 3.05) is 0 Å². The van der Waals surface area contributed by atoms with Gasteiger partial charge in [0.2, 0.25) is 5.28 Å². The topological polar surface area (TPSA) is 138 Å². The lowest BCUT2D eigenvalue weighted by Crippen LogP contribution is -2.42. The van der Waals surface area contributed by atoms with Crippen molar-refractivity contribution in [3.63, 3.8) is 0 Å². The van der Waals surface area contributed by atoms with Crippen LogP contribution < -0.4 is 0 Å². The van der Waals surface area contributed by atoms with E-state index in [9.17, 15) is 29.7 Å². The number of fused-ring (bicyclic) bond motifs is 3. The molecule has 2 aromatic rings. The van der Waals surface area contributed by atoms with Gasteiger partial charge in [0.25, 0.3) is 0 Å². The van der Waals surface area contributed by atoms with E-state index in [2.05, 4.69) is 9.97 Å². The summed E-state index contributed by atoms with van der Waals surface area (Å²) in [7, 11) is 0. The Morgan fingerprint density at radius 2 is 1.79 bits per heavy atom. The SMILES string of the molecule is CC(=O)C1=C(O)C[C@@H]2C[C@@H]3Cc4c(-c5cnc(Cl)nc5)ccc(O)c4C(=O)C3=C(O)C2C1=O. The molecule has 0 saturated carbocycles. The third-order valence-electron chi connectivity index (χ3n) is 6.81. The third kappa shape index (κ3) is 3.16. The van der Waals surface area contributed by atoms with Crippen molar-refractivity contribution in [1.82, 2.24) is 9.97 Å². The van der Waals surface area contributed by atoms with Gasteiger partial charge in [-0.2, -0.15) is 0 Å². The molecule has 168 valence electrons. The number of aromatic hydroxyl groups is 1. The van der Waals surface area contributed by atoms with Gasteiger partial charge in [0.05, 0.1) is 17.1 Å². The first-order chi connectivity index (χ1) is 15.7. The first-order valence-electron chi connectivity index (χ1n) is 10.5. The van der Waals surface area contributed by atoms with Gasteiger partial charge in [0.15, 0.2) is 17.3 Å². The number of Topliss-reactive ketones (excluding diaryl/α,β-unsaturated/α-hetero) is 3. The molecule has 3 N–H and O–H groups in total. The number of hydrogen-bond acceptors (Lipinski definition) is 8. The summed E-state index contributed by atoms with van der Waals surface area (Å²) in [6, 6.07) is 3.07. The van der Waals surface area contributed by atoms with Crippen LogP contribution in [0.4, 0.5) is 0 Å². The van der Waals surface area contributed by atoms with Crippen molar-refractivity contribution >= 4 is 29.0 Å². The lowest BCUT2D eigenvalue weighted by molar-refractivity contribution is -0.125. The molecule has 3 aliphatic rings. The van der Waals surface area contributed by atoms with Gasteiger partial charge in [-0.1, -0.05) is 6.07 Å². The number of nitrogens with zero attached hydrogens (tertiary/aromatic N) is 2. The maximum absolute atomic E-state index is 13.5. The maximum atomic E-state index is 13.5. The van der Waals surface area contributed by atoms with Crippen LogP contribution in [0, 0.1) is 17.8 Å². The van der Waals surface area contributed by atoms with Crippen molar-refractivity contribution in [1.29, 1.82) is 0 Å². The van der Waals surface area contributed by atoms with Crippen LogP contribution in [0.2, 0.25) is 5.28 Å². The van der Waals surface area contributed by atoms with Crippen molar-refractivity contribution in [2.45, 2.75) is 26.2 Å². The van der Waals surface area contributed by atoms with Gasteiger partial charge in [0, 0.05) is 30.0 Å². The summed E-state index contributed by atoms with van der Waals surface area (Å²) in [4.78, 5) is 46.4. The van der Waals surface area contributed by atoms with Crippen LogP contribution in [0.15, 0.2) is 47.2 Å². The van der Waals surface area contributed by atoms with Crippen molar-refractivity contribution in [2.24, 2.45) is 17.8 Å². The number of phenolic OH excluding ortho intramolecular Hbond substituents is 1. The van der Waals surface area contributed by atoms with E-state index in [4.69, 9.17) is 11.6 Å². The Labute approximate surface area is 193 Å². The van der Waals surface area contributed by atoms with E-state index in [-0.39, 0.29) is 45.7 Å². The molecular weight excluding hydrogens is 448 g/mol. The zero-order valence-electron chi connectivity index (χ0n) is 17.5. The van der Waals surface area contributed by atoms with Gasteiger partial charge in [-0.15, -0.1) is 0 Å². The lowest BCUT2D eigenvalue weighted by Gasteiger charge is -2.41. The highest BCUT2D eigenvalue weighted by Crippen LogP contribution is 2.50. The second kappa shape index (κ2) is 7.52. The highest BCUT2D eigenvalue weighted by atomic mass is 35.5. The first-order valence-corrected chi connectivity index (χ1v) is 10.8. The number of phenols is 1. The first kappa shape index (κ1) is 21.3. The predicted octanol–water partition coefficient (Wildman–Crippen LogP) is 3.68. The number of rotatable bonds is 2. The van der Waals surface area contributed by atoms with E-state index >= 15 is 0 Å². The number of hydrogen-bond donors (Lipinski definition) is 3. The van der Waals surface area contributed by atoms with Crippen LogP contribution >= 0.6 is 11.6 Å². The van der Waals surface area contributed by atoms with E-state index in [1.807, 2.05) is 0 Å². The number of benzene rings is 1. The number of halogens is 1. The summed E-state index contributed by atoms with van der Waals surface area (Å²) >= 11 is 5.79. The summed E-state index contributed by atoms with van der Waals surface area (Å²) in [6.07, 6.45) is 3.81. The van der Waals surface area contributed by atoms with Crippen LogP contribution in [0.25, 0.3) is 11.1 Å².